The van der Waals surface area contributed by atoms with E-state index in [1.54, 1.807) is 6.20 Å². The molecule has 3 aromatic rings. The Kier molecular flexibility index (Phi) is 6.52. The van der Waals surface area contributed by atoms with Gasteiger partial charge in [0.05, 0.1) is 33.1 Å². The number of aromatic nitrogens is 3. The zero-order valence-electron chi connectivity index (χ0n) is 19.0. The molecule has 2 aliphatic rings. The lowest BCUT2D eigenvalue weighted by Gasteiger charge is -2.33. The maximum absolute atomic E-state index is 13.4. The molecule has 1 aliphatic carbocycles. The Hall–Kier alpha value is -2.62. The number of piperazine rings is 1. The molecule has 2 aromatic heterocycles. The molecule has 9 heteroatoms. The highest BCUT2D eigenvalue weighted by Gasteiger charge is 2.26. The summed E-state index contributed by atoms with van der Waals surface area (Å²) in [4.78, 5) is 19.2. The third-order valence-electron chi connectivity index (χ3n) is 6.67. The molecule has 1 atom stereocenters. The van der Waals surface area contributed by atoms with E-state index in [1.165, 1.54) is 0 Å². The summed E-state index contributed by atoms with van der Waals surface area (Å²) in [6.45, 7) is 4.13. The molecule has 8 nitrogen and oxygen atoms in total. The Labute approximate surface area is 197 Å². The number of hydrogen-bond acceptors (Lipinski definition) is 8. The van der Waals surface area contributed by atoms with Crippen LogP contribution >= 0.6 is 0 Å². The number of fused-ring (bicyclic) bond motifs is 1. The molecule has 5 rings (SSSR count). The van der Waals surface area contributed by atoms with E-state index in [2.05, 4.69) is 38.2 Å². The van der Waals surface area contributed by atoms with Crippen LogP contribution in [0.1, 0.15) is 25.7 Å². The predicted molar refractivity (Wildman–Crippen MR) is 133 cm³/mol. The molecular weight excluding hydrogens is 434 g/mol. The summed E-state index contributed by atoms with van der Waals surface area (Å²) in [5, 5.41) is 4.23. The molecule has 0 radical (unpaired) electrons. The SMILES string of the molecule is CN1CCN(c2ccc(Nc3ncc4cccc(S(=O)C5CCC(N)CC5)c4n3)nc2)CC1. The van der Waals surface area contributed by atoms with Crippen LogP contribution in [0.5, 0.6) is 0 Å². The summed E-state index contributed by atoms with van der Waals surface area (Å²) in [6, 6.07) is 10.1. The lowest BCUT2D eigenvalue weighted by molar-refractivity contribution is 0.313. The molecule has 0 amide bonds. The van der Waals surface area contributed by atoms with Gasteiger partial charge in [0.15, 0.2) is 0 Å². The summed E-state index contributed by atoms with van der Waals surface area (Å²) in [7, 11) is 1.03. The number of benzene rings is 1. The van der Waals surface area contributed by atoms with Crippen molar-refractivity contribution < 1.29 is 4.21 Å². The van der Waals surface area contributed by atoms with E-state index in [9.17, 15) is 4.21 Å². The van der Waals surface area contributed by atoms with Gasteiger partial charge in [-0.25, -0.2) is 15.0 Å². The molecule has 1 unspecified atom stereocenters. The van der Waals surface area contributed by atoms with Crippen molar-refractivity contribution in [3.05, 3.63) is 42.7 Å². The largest absolute Gasteiger partial charge is 0.368 e. The van der Waals surface area contributed by atoms with E-state index in [1.807, 2.05) is 30.5 Å². The highest BCUT2D eigenvalue weighted by molar-refractivity contribution is 7.86. The molecule has 3 N–H and O–H groups in total. The molecule has 3 heterocycles. The first-order valence-corrected chi connectivity index (χ1v) is 12.9. The molecule has 0 spiro atoms. The maximum atomic E-state index is 13.4. The first kappa shape index (κ1) is 22.2. The van der Waals surface area contributed by atoms with E-state index < -0.39 is 10.8 Å². The van der Waals surface area contributed by atoms with Crippen molar-refractivity contribution in [2.75, 3.05) is 43.4 Å². The van der Waals surface area contributed by atoms with Crippen LogP contribution < -0.4 is 16.0 Å². The summed E-state index contributed by atoms with van der Waals surface area (Å²) >= 11 is 0. The molecule has 1 aliphatic heterocycles. The third kappa shape index (κ3) is 5.00. The molecule has 0 bridgehead atoms. The van der Waals surface area contributed by atoms with Crippen molar-refractivity contribution in [3.63, 3.8) is 0 Å². The fraction of sp³-hybridized carbons (Fsp3) is 0.458. The normalized spacial score (nSPS) is 22.9. The Bertz CT molecular complexity index is 1120. The van der Waals surface area contributed by atoms with Gasteiger partial charge in [-0.05, 0) is 50.9 Å². The fourth-order valence-corrected chi connectivity index (χ4v) is 6.19. The first-order chi connectivity index (χ1) is 16.1. The number of anilines is 3. The van der Waals surface area contributed by atoms with Gasteiger partial charge in [0.1, 0.15) is 5.82 Å². The second-order valence-electron chi connectivity index (χ2n) is 9.04. The van der Waals surface area contributed by atoms with Crippen LogP contribution in [-0.2, 0) is 10.8 Å². The van der Waals surface area contributed by atoms with Crippen molar-refractivity contribution in [2.45, 2.75) is 41.9 Å². The molecule has 1 saturated heterocycles. The molecule has 1 aromatic carbocycles. The van der Waals surface area contributed by atoms with Gasteiger partial charge in [-0.15, -0.1) is 0 Å². The monoisotopic (exact) mass is 465 g/mol. The average molecular weight is 466 g/mol. The number of likely N-dealkylation sites (N-methyl/N-ethyl adjacent to an activating group) is 1. The van der Waals surface area contributed by atoms with E-state index in [4.69, 9.17) is 10.7 Å². The summed E-state index contributed by atoms with van der Waals surface area (Å²) in [6.07, 6.45) is 7.31. The minimum Gasteiger partial charge on any atom is -0.368 e. The summed E-state index contributed by atoms with van der Waals surface area (Å²) < 4.78 is 13.4. The van der Waals surface area contributed by atoms with E-state index in [-0.39, 0.29) is 11.3 Å². The Balaban J connectivity index is 1.34. The van der Waals surface area contributed by atoms with Crippen LogP contribution in [0.4, 0.5) is 17.5 Å². The summed E-state index contributed by atoms with van der Waals surface area (Å²) in [5.74, 6) is 1.14. The fourth-order valence-electron chi connectivity index (χ4n) is 4.56. The van der Waals surface area contributed by atoms with Gasteiger partial charge < -0.3 is 20.9 Å². The number of hydrogen-bond donors (Lipinski definition) is 2. The van der Waals surface area contributed by atoms with Crippen molar-refractivity contribution in [3.8, 4) is 0 Å². The molecule has 1 saturated carbocycles. The molecular formula is C24H31N7OS. The lowest BCUT2D eigenvalue weighted by Crippen LogP contribution is -2.44. The minimum absolute atomic E-state index is 0.130. The van der Waals surface area contributed by atoms with Gasteiger partial charge >= 0.3 is 0 Å². The van der Waals surface area contributed by atoms with Crippen molar-refractivity contribution in [1.82, 2.24) is 19.9 Å². The zero-order chi connectivity index (χ0) is 22.8. The second kappa shape index (κ2) is 9.70. The van der Waals surface area contributed by atoms with E-state index in [0.717, 1.165) is 73.3 Å². The Morgan fingerprint density at radius 2 is 1.79 bits per heavy atom. The van der Waals surface area contributed by atoms with Gasteiger partial charge in [0.2, 0.25) is 5.95 Å². The van der Waals surface area contributed by atoms with Crippen LogP contribution in [0, 0.1) is 0 Å². The topological polar surface area (TPSA) is 100 Å². The number of nitrogens with two attached hydrogens (primary N) is 1. The average Bonchev–Trinajstić information content (AvgIpc) is 2.85. The quantitative estimate of drug-likeness (QED) is 0.593. The minimum atomic E-state index is -1.12. The predicted octanol–water partition coefficient (Wildman–Crippen LogP) is 2.90. The van der Waals surface area contributed by atoms with Crippen molar-refractivity contribution >= 4 is 39.2 Å². The maximum Gasteiger partial charge on any atom is 0.228 e. The van der Waals surface area contributed by atoms with Gasteiger partial charge in [0.25, 0.3) is 0 Å². The smallest absolute Gasteiger partial charge is 0.228 e. The van der Waals surface area contributed by atoms with E-state index in [0.29, 0.717) is 11.8 Å². The van der Waals surface area contributed by atoms with Crippen LogP contribution in [0.2, 0.25) is 0 Å². The number of nitrogens with one attached hydrogen (secondary N) is 1. The highest BCUT2D eigenvalue weighted by Crippen LogP contribution is 2.29. The summed E-state index contributed by atoms with van der Waals surface area (Å²) in [5.41, 5.74) is 7.89. The number of para-hydroxylation sites is 1. The Morgan fingerprint density at radius 3 is 2.52 bits per heavy atom. The van der Waals surface area contributed by atoms with Crippen LogP contribution in [0.15, 0.2) is 47.6 Å². The van der Waals surface area contributed by atoms with E-state index >= 15 is 0 Å². The molecule has 174 valence electrons. The second-order valence-corrected chi connectivity index (χ2v) is 10.7. The van der Waals surface area contributed by atoms with Gasteiger partial charge in [-0.2, -0.15) is 0 Å². The van der Waals surface area contributed by atoms with Crippen LogP contribution in [0.25, 0.3) is 10.9 Å². The zero-order valence-corrected chi connectivity index (χ0v) is 19.8. The van der Waals surface area contributed by atoms with Crippen molar-refractivity contribution in [2.24, 2.45) is 5.73 Å². The third-order valence-corrected chi connectivity index (χ3v) is 8.51. The number of pyridine rings is 1. The highest BCUT2D eigenvalue weighted by atomic mass is 32.2. The first-order valence-electron chi connectivity index (χ1n) is 11.7. The standard InChI is InChI=1S/C24H31N7OS/c1-30-11-13-31(14-12-30)19-7-10-22(26-16-19)28-24-27-15-17-3-2-4-21(23(17)29-24)33(32)20-8-5-18(25)6-9-20/h2-4,7,10,15-16,18,20H,5-6,8-9,11-14,25H2,1H3,(H,26,27,28,29). The molecule has 2 fully saturated rings. The number of rotatable bonds is 5. The van der Waals surface area contributed by atoms with Gasteiger partial charge in [0, 0.05) is 49.1 Å². The number of nitrogens with zero attached hydrogens (tertiary/aromatic N) is 5. The van der Waals surface area contributed by atoms with Gasteiger partial charge in [-0.1, -0.05) is 12.1 Å². The van der Waals surface area contributed by atoms with Crippen molar-refractivity contribution in [1.29, 1.82) is 0 Å². The van der Waals surface area contributed by atoms with Crippen LogP contribution in [-0.4, -0.2) is 68.6 Å². The Morgan fingerprint density at radius 1 is 1.00 bits per heavy atom. The van der Waals surface area contributed by atoms with Crippen LogP contribution in [0.3, 0.4) is 0 Å². The van der Waals surface area contributed by atoms with Gasteiger partial charge in [-0.3, -0.25) is 4.21 Å². The molecule has 33 heavy (non-hydrogen) atoms. The lowest BCUT2D eigenvalue weighted by atomic mass is 9.96.